The van der Waals surface area contributed by atoms with Crippen molar-refractivity contribution in [1.29, 1.82) is 0 Å². The van der Waals surface area contributed by atoms with E-state index in [0.29, 0.717) is 37.0 Å². The maximum atomic E-state index is 14.1. The Morgan fingerprint density at radius 2 is 1.85 bits per heavy atom. The van der Waals surface area contributed by atoms with Gasteiger partial charge in [0.1, 0.15) is 5.75 Å². The van der Waals surface area contributed by atoms with Crippen LogP contribution in [0.4, 0.5) is 4.39 Å². The minimum atomic E-state index is -0.610. The fourth-order valence-electron chi connectivity index (χ4n) is 2.02. The van der Waals surface area contributed by atoms with E-state index in [1.165, 1.54) is 12.1 Å². The Morgan fingerprint density at radius 1 is 1.12 bits per heavy atom. The molecule has 2 rings (SSSR count). The number of methoxy groups -OCH3 is 1. The molecule has 1 amide bonds. The number of hydrogen-bond acceptors (Lipinski definition) is 4. The van der Waals surface area contributed by atoms with Crippen LogP contribution < -0.4 is 15.4 Å². The third-order valence-electron chi connectivity index (χ3n) is 3.31. The molecule has 2 aromatic carbocycles. The highest BCUT2D eigenvalue weighted by Crippen LogP contribution is 2.26. The molecular formula is C18H21Cl2FN2O3. The molecule has 0 fully saturated rings. The largest absolute Gasteiger partial charge is 0.454 e. The number of hydrogen-bond donors (Lipinski definition) is 2. The van der Waals surface area contributed by atoms with Gasteiger partial charge in [-0.15, -0.1) is 12.4 Å². The van der Waals surface area contributed by atoms with Crippen molar-refractivity contribution in [2.45, 2.75) is 0 Å². The number of carbonyl (C=O) groups is 1. The zero-order valence-corrected chi connectivity index (χ0v) is 15.8. The van der Waals surface area contributed by atoms with Gasteiger partial charge in [0.05, 0.1) is 6.61 Å². The van der Waals surface area contributed by atoms with Crippen LogP contribution in [0.2, 0.25) is 5.02 Å². The summed E-state index contributed by atoms with van der Waals surface area (Å²) in [4.78, 5) is 12.0. The predicted octanol–water partition coefficient (Wildman–Crippen LogP) is 3.66. The number of nitrogens with one attached hydrogen (secondary N) is 2. The topological polar surface area (TPSA) is 59.6 Å². The molecule has 0 radical (unpaired) electrons. The highest BCUT2D eigenvalue weighted by atomic mass is 35.5. The zero-order chi connectivity index (χ0) is 18.1. The molecule has 0 aliphatic carbocycles. The van der Waals surface area contributed by atoms with E-state index in [1.54, 1.807) is 31.4 Å². The van der Waals surface area contributed by atoms with Gasteiger partial charge in [-0.3, -0.25) is 4.79 Å². The molecule has 8 heteroatoms. The fourth-order valence-corrected chi connectivity index (χ4v) is 2.15. The van der Waals surface area contributed by atoms with Crippen LogP contribution in [0.1, 0.15) is 10.4 Å². The molecule has 2 N–H and O–H groups in total. The van der Waals surface area contributed by atoms with Gasteiger partial charge in [0.2, 0.25) is 0 Å². The Kier molecular flexibility index (Phi) is 9.98. The summed E-state index contributed by atoms with van der Waals surface area (Å²) in [6.07, 6.45) is 0. The van der Waals surface area contributed by atoms with Gasteiger partial charge in [0, 0.05) is 37.3 Å². The Morgan fingerprint density at radius 3 is 2.50 bits per heavy atom. The number of ether oxygens (including phenoxy) is 2. The third kappa shape index (κ3) is 7.17. The first kappa shape index (κ1) is 22.2. The fraction of sp³-hybridized carbons (Fsp3) is 0.278. The molecule has 0 unspecified atom stereocenters. The van der Waals surface area contributed by atoms with Crippen molar-refractivity contribution in [2.24, 2.45) is 0 Å². The molecule has 0 aliphatic rings. The Balaban J connectivity index is 0.00000338. The van der Waals surface area contributed by atoms with Gasteiger partial charge in [-0.2, -0.15) is 0 Å². The molecule has 0 saturated carbocycles. The summed E-state index contributed by atoms with van der Waals surface area (Å²) in [5.74, 6) is -0.450. The molecule has 0 spiro atoms. The van der Waals surface area contributed by atoms with Crippen LogP contribution in [0.15, 0.2) is 42.5 Å². The monoisotopic (exact) mass is 402 g/mol. The average Bonchev–Trinajstić information content (AvgIpc) is 2.61. The highest BCUT2D eigenvalue weighted by Gasteiger charge is 2.11. The summed E-state index contributed by atoms with van der Waals surface area (Å²) in [5.41, 5.74) is 0.234. The lowest BCUT2D eigenvalue weighted by Gasteiger charge is -2.09. The second kappa shape index (κ2) is 11.7. The van der Waals surface area contributed by atoms with E-state index < -0.39 is 5.82 Å². The van der Waals surface area contributed by atoms with Gasteiger partial charge in [-0.1, -0.05) is 11.6 Å². The average molecular weight is 403 g/mol. The molecule has 0 saturated heterocycles. The summed E-state index contributed by atoms with van der Waals surface area (Å²) in [7, 11) is 1.62. The Bertz CT molecular complexity index is 699. The van der Waals surface area contributed by atoms with E-state index in [-0.39, 0.29) is 29.6 Å². The van der Waals surface area contributed by atoms with Gasteiger partial charge in [0.25, 0.3) is 5.91 Å². The second-order valence-electron chi connectivity index (χ2n) is 5.20. The highest BCUT2D eigenvalue weighted by molar-refractivity contribution is 6.30. The SMILES string of the molecule is COCCNCCNC(=O)c1ccc(Oc2ccc(Cl)cc2)c(F)c1.Cl. The van der Waals surface area contributed by atoms with Gasteiger partial charge in [-0.05, 0) is 42.5 Å². The summed E-state index contributed by atoms with van der Waals surface area (Å²) in [5, 5.41) is 6.38. The molecule has 2 aromatic rings. The lowest BCUT2D eigenvalue weighted by atomic mass is 10.2. The molecule has 0 heterocycles. The normalized spacial score (nSPS) is 10.1. The van der Waals surface area contributed by atoms with Crippen molar-refractivity contribution in [1.82, 2.24) is 10.6 Å². The van der Waals surface area contributed by atoms with E-state index in [9.17, 15) is 9.18 Å². The quantitative estimate of drug-likeness (QED) is 0.628. The number of halogens is 3. The van der Waals surface area contributed by atoms with Crippen LogP contribution in [0, 0.1) is 5.82 Å². The zero-order valence-electron chi connectivity index (χ0n) is 14.3. The minimum absolute atomic E-state index is 0. The standard InChI is InChI=1S/C18H20ClFN2O3.ClH/c1-24-11-10-21-8-9-22-18(23)13-2-7-17(16(20)12-13)25-15-5-3-14(19)4-6-15;/h2-7,12,21H,8-11H2,1H3,(H,22,23);1H. The summed E-state index contributed by atoms with van der Waals surface area (Å²) in [6, 6.07) is 10.7. The van der Waals surface area contributed by atoms with Crippen LogP contribution in [-0.4, -0.2) is 39.3 Å². The first-order valence-electron chi connectivity index (χ1n) is 7.81. The Labute approximate surface area is 163 Å². The molecular weight excluding hydrogens is 382 g/mol. The lowest BCUT2D eigenvalue weighted by Crippen LogP contribution is -2.33. The van der Waals surface area contributed by atoms with Crippen LogP contribution in [0.25, 0.3) is 0 Å². The van der Waals surface area contributed by atoms with Crippen LogP contribution in [-0.2, 0) is 4.74 Å². The van der Waals surface area contributed by atoms with Crippen LogP contribution >= 0.6 is 24.0 Å². The van der Waals surface area contributed by atoms with E-state index in [0.717, 1.165) is 6.07 Å². The predicted molar refractivity (Wildman–Crippen MR) is 102 cm³/mol. The molecule has 0 atom stereocenters. The summed E-state index contributed by atoms with van der Waals surface area (Å²) >= 11 is 5.79. The lowest BCUT2D eigenvalue weighted by molar-refractivity contribution is 0.0953. The molecule has 0 aromatic heterocycles. The molecule has 0 aliphatic heterocycles. The summed E-state index contributed by atoms with van der Waals surface area (Å²) in [6.45, 7) is 2.36. The van der Waals surface area contributed by atoms with E-state index in [1.807, 2.05) is 0 Å². The molecule has 142 valence electrons. The van der Waals surface area contributed by atoms with Gasteiger partial charge >= 0.3 is 0 Å². The number of carbonyl (C=O) groups excluding carboxylic acids is 1. The van der Waals surface area contributed by atoms with Crippen molar-refractivity contribution >= 4 is 29.9 Å². The van der Waals surface area contributed by atoms with Crippen molar-refractivity contribution in [3.63, 3.8) is 0 Å². The Hall–Kier alpha value is -1.86. The van der Waals surface area contributed by atoms with Crippen molar-refractivity contribution < 1.29 is 18.7 Å². The maximum Gasteiger partial charge on any atom is 0.251 e. The second-order valence-corrected chi connectivity index (χ2v) is 5.64. The number of benzene rings is 2. The van der Waals surface area contributed by atoms with E-state index >= 15 is 0 Å². The van der Waals surface area contributed by atoms with Crippen LogP contribution in [0.3, 0.4) is 0 Å². The first-order valence-corrected chi connectivity index (χ1v) is 8.19. The number of rotatable bonds is 9. The third-order valence-corrected chi connectivity index (χ3v) is 3.56. The summed E-state index contributed by atoms with van der Waals surface area (Å²) < 4.78 is 24.5. The van der Waals surface area contributed by atoms with Crippen LogP contribution in [0.5, 0.6) is 11.5 Å². The van der Waals surface area contributed by atoms with Gasteiger partial charge in [0.15, 0.2) is 11.6 Å². The minimum Gasteiger partial charge on any atom is -0.454 e. The van der Waals surface area contributed by atoms with Crippen molar-refractivity contribution in [2.75, 3.05) is 33.4 Å². The molecule has 0 bridgehead atoms. The van der Waals surface area contributed by atoms with Gasteiger partial charge < -0.3 is 20.1 Å². The van der Waals surface area contributed by atoms with Gasteiger partial charge in [-0.25, -0.2) is 4.39 Å². The smallest absolute Gasteiger partial charge is 0.251 e. The molecule has 26 heavy (non-hydrogen) atoms. The first-order chi connectivity index (χ1) is 12.1. The van der Waals surface area contributed by atoms with Crippen molar-refractivity contribution in [3.05, 3.63) is 58.9 Å². The molecule has 5 nitrogen and oxygen atoms in total. The van der Waals surface area contributed by atoms with E-state index in [2.05, 4.69) is 10.6 Å². The van der Waals surface area contributed by atoms with E-state index in [4.69, 9.17) is 21.1 Å². The number of amides is 1. The van der Waals surface area contributed by atoms with Crippen molar-refractivity contribution in [3.8, 4) is 11.5 Å². The maximum absolute atomic E-state index is 14.1.